The van der Waals surface area contributed by atoms with Crippen molar-refractivity contribution in [3.8, 4) is 11.5 Å². The Balaban J connectivity index is 1.52. The fourth-order valence-electron chi connectivity index (χ4n) is 3.69. The van der Waals surface area contributed by atoms with Crippen molar-refractivity contribution in [3.05, 3.63) is 72.9 Å². The summed E-state index contributed by atoms with van der Waals surface area (Å²) in [4.78, 5) is 40.0. The minimum absolute atomic E-state index is 0.188. The van der Waals surface area contributed by atoms with E-state index in [1.54, 1.807) is 29.6 Å². The van der Waals surface area contributed by atoms with E-state index in [9.17, 15) is 14.4 Å². The van der Waals surface area contributed by atoms with E-state index in [-0.39, 0.29) is 24.4 Å². The van der Waals surface area contributed by atoms with Crippen LogP contribution in [0.15, 0.2) is 56.7 Å². The van der Waals surface area contributed by atoms with E-state index in [0.29, 0.717) is 27.4 Å². The monoisotopic (exact) mass is 497 g/mol. The summed E-state index contributed by atoms with van der Waals surface area (Å²) in [5.41, 5.74) is 0.233. The third-order valence-electron chi connectivity index (χ3n) is 5.24. The van der Waals surface area contributed by atoms with Crippen LogP contribution in [0.4, 0.5) is 5.69 Å². The highest BCUT2D eigenvalue weighted by atomic mass is 32.1. The number of nitrogens with one attached hydrogen (secondary N) is 1. The lowest BCUT2D eigenvalue weighted by atomic mass is 10.2. The van der Waals surface area contributed by atoms with Crippen molar-refractivity contribution in [2.75, 3.05) is 19.5 Å². The quantitative estimate of drug-likeness (QED) is 0.370. The zero-order valence-electron chi connectivity index (χ0n) is 18.2. The van der Waals surface area contributed by atoms with Crippen LogP contribution in [0.1, 0.15) is 4.88 Å². The SMILES string of the molecule is COc1ccc(NC(=O)Cn2nc3n(Cc4cccs4)c(=O)c4sccc4n3c2=O)cc1OC. The Hall–Kier alpha value is -3.90. The number of fused-ring (bicyclic) bond motifs is 3. The molecule has 0 aliphatic carbocycles. The first-order valence-corrected chi connectivity index (χ1v) is 11.9. The molecule has 0 unspecified atom stereocenters. The third kappa shape index (κ3) is 3.76. The molecule has 12 heteroatoms. The fraction of sp³-hybridized carbons (Fsp3) is 0.182. The van der Waals surface area contributed by atoms with Crippen LogP contribution in [0.5, 0.6) is 11.5 Å². The van der Waals surface area contributed by atoms with Crippen molar-refractivity contribution < 1.29 is 14.3 Å². The molecule has 5 rings (SSSR count). The summed E-state index contributed by atoms with van der Waals surface area (Å²) in [6.45, 7) is -0.0458. The number of carbonyl (C=O) groups is 1. The Labute approximate surface area is 200 Å². The molecular formula is C22H19N5O5S2. The number of ether oxygens (including phenoxy) is 2. The van der Waals surface area contributed by atoms with Gasteiger partial charge in [-0.15, -0.1) is 27.8 Å². The molecule has 4 heterocycles. The van der Waals surface area contributed by atoms with Gasteiger partial charge in [-0.05, 0) is 35.0 Å². The van der Waals surface area contributed by atoms with Gasteiger partial charge >= 0.3 is 5.69 Å². The largest absolute Gasteiger partial charge is 0.493 e. The second-order valence-corrected chi connectivity index (χ2v) is 9.25. The molecule has 0 saturated heterocycles. The van der Waals surface area contributed by atoms with Crippen LogP contribution in [0.2, 0.25) is 0 Å². The molecule has 0 spiro atoms. The Bertz CT molecular complexity index is 1630. The zero-order chi connectivity index (χ0) is 23.8. The number of hydrogen-bond donors (Lipinski definition) is 1. The normalized spacial score (nSPS) is 11.2. The second kappa shape index (κ2) is 8.80. The molecule has 1 amide bonds. The zero-order valence-corrected chi connectivity index (χ0v) is 19.8. The summed E-state index contributed by atoms with van der Waals surface area (Å²) in [5.74, 6) is 0.725. The van der Waals surface area contributed by atoms with E-state index in [1.165, 1.54) is 45.9 Å². The van der Waals surface area contributed by atoms with Crippen molar-refractivity contribution in [1.82, 2.24) is 18.7 Å². The number of benzene rings is 1. The summed E-state index contributed by atoms with van der Waals surface area (Å²) < 4.78 is 14.8. The Morgan fingerprint density at radius 3 is 2.62 bits per heavy atom. The molecule has 1 N–H and O–H groups in total. The van der Waals surface area contributed by atoms with Crippen LogP contribution in [0, 0.1) is 0 Å². The first-order valence-electron chi connectivity index (χ1n) is 10.1. The summed E-state index contributed by atoms with van der Waals surface area (Å²) in [5, 5.41) is 10.8. The van der Waals surface area contributed by atoms with Crippen molar-refractivity contribution in [1.29, 1.82) is 0 Å². The predicted octanol–water partition coefficient (Wildman–Crippen LogP) is 2.64. The van der Waals surface area contributed by atoms with Crippen LogP contribution in [0.3, 0.4) is 0 Å². The van der Waals surface area contributed by atoms with Crippen molar-refractivity contribution in [3.63, 3.8) is 0 Å². The first kappa shape index (κ1) is 21.9. The van der Waals surface area contributed by atoms with E-state index in [1.807, 2.05) is 17.5 Å². The van der Waals surface area contributed by atoms with Gasteiger partial charge in [-0.3, -0.25) is 14.2 Å². The predicted molar refractivity (Wildman–Crippen MR) is 131 cm³/mol. The van der Waals surface area contributed by atoms with Crippen molar-refractivity contribution >= 4 is 50.3 Å². The van der Waals surface area contributed by atoms with Crippen LogP contribution < -0.4 is 26.0 Å². The molecule has 5 aromatic rings. The molecule has 0 atom stereocenters. The number of aromatic nitrogens is 4. The second-order valence-electron chi connectivity index (χ2n) is 7.30. The Morgan fingerprint density at radius 1 is 1.06 bits per heavy atom. The molecule has 174 valence electrons. The van der Waals surface area contributed by atoms with E-state index in [0.717, 1.165) is 9.56 Å². The van der Waals surface area contributed by atoms with Gasteiger partial charge in [0.15, 0.2) is 11.5 Å². The fourth-order valence-corrected chi connectivity index (χ4v) is 5.21. The molecular weight excluding hydrogens is 478 g/mol. The van der Waals surface area contributed by atoms with Gasteiger partial charge in [0.05, 0.1) is 26.3 Å². The lowest BCUT2D eigenvalue weighted by molar-refractivity contribution is -0.117. The maximum absolute atomic E-state index is 13.2. The summed E-state index contributed by atoms with van der Waals surface area (Å²) in [6, 6.07) is 10.5. The van der Waals surface area contributed by atoms with E-state index in [2.05, 4.69) is 10.4 Å². The number of hydrogen-bond acceptors (Lipinski definition) is 8. The Kier molecular flexibility index (Phi) is 5.67. The molecule has 4 aromatic heterocycles. The highest BCUT2D eigenvalue weighted by Crippen LogP contribution is 2.29. The third-order valence-corrected chi connectivity index (χ3v) is 7.00. The standard InChI is InChI=1S/C22H19N5O5S2/c1-31-16-6-5-13(10-17(16)32-2)23-18(28)12-26-22(30)27-15-7-9-34-19(15)20(29)25(21(27)24-26)11-14-4-3-8-33-14/h3-10H,11-12H2,1-2H3,(H,23,28). The molecule has 10 nitrogen and oxygen atoms in total. The maximum atomic E-state index is 13.2. The number of rotatable bonds is 7. The summed E-state index contributed by atoms with van der Waals surface area (Å²) in [6.07, 6.45) is 0. The number of nitrogens with zero attached hydrogens (tertiary/aromatic N) is 4. The summed E-state index contributed by atoms with van der Waals surface area (Å²) in [7, 11) is 3.02. The number of carbonyl (C=O) groups excluding carboxylic acids is 1. The molecule has 0 aliphatic rings. The van der Waals surface area contributed by atoms with E-state index in [4.69, 9.17) is 9.47 Å². The molecule has 0 saturated carbocycles. The molecule has 34 heavy (non-hydrogen) atoms. The van der Waals surface area contributed by atoms with Gasteiger partial charge in [0.25, 0.3) is 5.56 Å². The number of amides is 1. The molecule has 0 fully saturated rings. The minimum Gasteiger partial charge on any atom is -0.493 e. The average Bonchev–Trinajstić information content (AvgIpc) is 3.58. The van der Waals surface area contributed by atoms with Crippen molar-refractivity contribution in [2.24, 2.45) is 0 Å². The summed E-state index contributed by atoms with van der Waals surface area (Å²) >= 11 is 2.78. The lowest BCUT2D eigenvalue weighted by Crippen LogP contribution is -2.29. The highest BCUT2D eigenvalue weighted by molar-refractivity contribution is 7.17. The van der Waals surface area contributed by atoms with Gasteiger partial charge in [-0.1, -0.05) is 6.07 Å². The first-order chi connectivity index (χ1) is 16.5. The smallest absolute Gasteiger partial charge is 0.352 e. The molecule has 0 bridgehead atoms. The average molecular weight is 498 g/mol. The lowest BCUT2D eigenvalue weighted by Gasteiger charge is -2.10. The topological polar surface area (TPSA) is 109 Å². The van der Waals surface area contributed by atoms with Crippen molar-refractivity contribution in [2.45, 2.75) is 13.1 Å². The molecule has 1 aromatic carbocycles. The Morgan fingerprint density at radius 2 is 1.88 bits per heavy atom. The van der Waals surface area contributed by atoms with Crippen LogP contribution in [-0.2, 0) is 17.9 Å². The number of anilines is 1. The molecule has 0 radical (unpaired) electrons. The minimum atomic E-state index is -0.499. The van der Waals surface area contributed by atoms with E-state index >= 15 is 0 Å². The molecule has 0 aliphatic heterocycles. The maximum Gasteiger partial charge on any atom is 0.352 e. The van der Waals surface area contributed by atoms with Gasteiger partial charge in [0, 0.05) is 16.6 Å². The van der Waals surface area contributed by atoms with Gasteiger partial charge in [0.2, 0.25) is 11.7 Å². The van der Waals surface area contributed by atoms with Crippen LogP contribution >= 0.6 is 22.7 Å². The van der Waals surface area contributed by atoms with Gasteiger partial charge in [-0.2, -0.15) is 0 Å². The van der Waals surface area contributed by atoms with Crippen LogP contribution in [-0.4, -0.2) is 38.9 Å². The van der Waals surface area contributed by atoms with Crippen LogP contribution in [0.25, 0.3) is 16.0 Å². The highest BCUT2D eigenvalue weighted by Gasteiger charge is 2.20. The number of methoxy groups -OCH3 is 2. The van der Waals surface area contributed by atoms with Gasteiger partial charge in [0.1, 0.15) is 11.2 Å². The van der Waals surface area contributed by atoms with E-state index < -0.39 is 11.6 Å². The van der Waals surface area contributed by atoms with Gasteiger partial charge in [-0.25, -0.2) is 13.9 Å². The van der Waals surface area contributed by atoms with Gasteiger partial charge < -0.3 is 14.8 Å². The number of thiophene rings is 2.